The van der Waals surface area contributed by atoms with Gasteiger partial charge >= 0.3 is 0 Å². The number of piperidine rings is 1. The molecule has 0 bridgehead atoms. The van der Waals surface area contributed by atoms with Gasteiger partial charge in [0.2, 0.25) is 11.8 Å². The summed E-state index contributed by atoms with van der Waals surface area (Å²) < 4.78 is 0. The van der Waals surface area contributed by atoms with Gasteiger partial charge in [-0.1, -0.05) is 13.8 Å². The molecule has 0 aliphatic carbocycles. The number of hydrogen-bond donors (Lipinski definition) is 2. The van der Waals surface area contributed by atoms with Gasteiger partial charge in [0.1, 0.15) is 0 Å². The average Bonchev–Trinajstić information content (AvgIpc) is 2.27. The molecule has 16 heavy (non-hydrogen) atoms. The van der Waals surface area contributed by atoms with Gasteiger partial charge in [0.05, 0.1) is 12.0 Å². The Morgan fingerprint density at radius 3 is 2.50 bits per heavy atom. The Kier molecular flexibility index (Phi) is 4.29. The van der Waals surface area contributed by atoms with Crippen LogP contribution in [0, 0.1) is 11.8 Å². The zero-order chi connectivity index (χ0) is 12.3. The van der Waals surface area contributed by atoms with Gasteiger partial charge in [-0.3, -0.25) is 9.59 Å². The van der Waals surface area contributed by atoms with Gasteiger partial charge in [0.15, 0.2) is 0 Å². The summed E-state index contributed by atoms with van der Waals surface area (Å²) in [7, 11) is 0. The van der Waals surface area contributed by atoms with Crippen molar-refractivity contribution in [1.82, 2.24) is 4.90 Å². The van der Waals surface area contributed by atoms with E-state index < -0.39 is 6.04 Å². The van der Waals surface area contributed by atoms with Crippen LogP contribution < -0.4 is 11.5 Å². The number of primary amides is 1. The summed E-state index contributed by atoms with van der Waals surface area (Å²) in [5.41, 5.74) is 11.1. The first kappa shape index (κ1) is 13.0. The van der Waals surface area contributed by atoms with Gasteiger partial charge in [-0.15, -0.1) is 0 Å². The Balaban J connectivity index is 2.60. The number of carbonyl (C=O) groups is 2. The molecular formula is C11H21N3O2. The first-order chi connectivity index (χ1) is 7.43. The van der Waals surface area contributed by atoms with E-state index in [0.717, 1.165) is 12.8 Å². The van der Waals surface area contributed by atoms with Crippen LogP contribution in [-0.2, 0) is 9.59 Å². The van der Waals surface area contributed by atoms with Gasteiger partial charge in [0, 0.05) is 13.1 Å². The van der Waals surface area contributed by atoms with Gasteiger partial charge in [-0.25, -0.2) is 0 Å². The van der Waals surface area contributed by atoms with Crippen molar-refractivity contribution in [3.63, 3.8) is 0 Å². The summed E-state index contributed by atoms with van der Waals surface area (Å²) in [4.78, 5) is 24.7. The van der Waals surface area contributed by atoms with E-state index in [2.05, 4.69) is 0 Å². The van der Waals surface area contributed by atoms with Crippen LogP contribution in [0.5, 0.6) is 0 Å². The maximum atomic E-state index is 12.0. The van der Waals surface area contributed by atoms with Gasteiger partial charge < -0.3 is 16.4 Å². The second-order valence-electron chi connectivity index (χ2n) is 4.80. The highest BCUT2D eigenvalue weighted by atomic mass is 16.2. The highest BCUT2D eigenvalue weighted by molar-refractivity contribution is 5.83. The molecular weight excluding hydrogens is 206 g/mol. The summed E-state index contributed by atoms with van der Waals surface area (Å²) in [6.45, 7) is 4.94. The van der Waals surface area contributed by atoms with Crippen LogP contribution in [-0.4, -0.2) is 35.8 Å². The van der Waals surface area contributed by atoms with Crippen molar-refractivity contribution in [2.75, 3.05) is 13.1 Å². The van der Waals surface area contributed by atoms with E-state index in [4.69, 9.17) is 11.5 Å². The van der Waals surface area contributed by atoms with Crippen LogP contribution >= 0.6 is 0 Å². The summed E-state index contributed by atoms with van der Waals surface area (Å²) in [6.07, 6.45) is 1.60. The van der Waals surface area contributed by atoms with Crippen molar-refractivity contribution in [1.29, 1.82) is 0 Å². The minimum atomic E-state index is -0.480. The van der Waals surface area contributed by atoms with Crippen molar-refractivity contribution in [3.8, 4) is 0 Å². The lowest BCUT2D eigenvalue weighted by molar-refractivity contribution is -0.137. The normalized spacial score (nSPS) is 23.2. The molecule has 1 saturated heterocycles. The molecule has 1 heterocycles. The molecule has 0 aromatic heterocycles. The smallest absolute Gasteiger partial charge is 0.239 e. The minimum Gasteiger partial charge on any atom is -0.369 e. The number of nitrogens with two attached hydrogens (primary N) is 2. The van der Waals surface area contributed by atoms with Crippen molar-refractivity contribution >= 4 is 11.8 Å². The second kappa shape index (κ2) is 5.30. The highest BCUT2D eigenvalue weighted by Crippen LogP contribution is 2.17. The van der Waals surface area contributed by atoms with Crippen LogP contribution in [0.4, 0.5) is 0 Å². The molecule has 4 N–H and O–H groups in total. The standard InChI is InChI=1S/C11H21N3O2/c1-7(2)9(12)11(16)14-5-3-4-8(6-14)10(13)15/h7-9H,3-6,12H2,1-2H3,(H2,13,15). The summed E-state index contributed by atoms with van der Waals surface area (Å²) >= 11 is 0. The van der Waals surface area contributed by atoms with E-state index in [1.807, 2.05) is 13.8 Å². The molecule has 1 aliphatic heterocycles. The lowest BCUT2D eigenvalue weighted by Gasteiger charge is -2.33. The van der Waals surface area contributed by atoms with E-state index in [-0.39, 0.29) is 23.7 Å². The third-order valence-electron chi connectivity index (χ3n) is 3.14. The van der Waals surface area contributed by atoms with Crippen LogP contribution in [0.1, 0.15) is 26.7 Å². The number of rotatable bonds is 3. The molecule has 5 heteroatoms. The molecule has 2 unspecified atom stereocenters. The predicted octanol–water partition coefficient (Wildman–Crippen LogP) is -0.306. The Labute approximate surface area is 96.1 Å². The maximum Gasteiger partial charge on any atom is 0.239 e. The third-order valence-corrected chi connectivity index (χ3v) is 3.14. The van der Waals surface area contributed by atoms with Crippen molar-refractivity contribution < 1.29 is 9.59 Å². The fourth-order valence-corrected chi connectivity index (χ4v) is 1.91. The lowest BCUT2D eigenvalue weighted by atomic mass is 9.95. The number of amides is 2. The summed E-state index contributed by atoms with van der Waals surface area (Å²) in [5, 5.41) is 0. The first-order valence-electron chi connectivity index (χ1n) is 5.77. The number of hydrogen-bond acceptors (Lipinski definition) is 3. The third kappa shape index (κ3) is 2.95. The lowest BCUT2D eigenvalue weighted by Crippen LogP contribution is -2.51. The van der Waals surface area contributed by atoms with E-state index in [1.165, 1.54) is 0 Å². The fraction of sp³-hybridized carbons (Fsp3) is 0.818. The molecule has 2 amide bonds. The minimum absolute atomic E-state index is 0.0686. The van der Waals surface area contributed by atoms with E-state index in [1.54, 1.807) is 4.90 Å². The van der Waals surface area contributed by atoms with Crippen LogP contribution in [0.15, 0.2) is 0 Å². The summed E-state index contributed by atoms with van der Waals surface area (Å²) in [6, 6.07) is -0.480. The summed E-state index contributed by atoms with van der Waals surface area (Å²) in [5.74, 6) is -0.491. The molecule has 1 rings (SSSR count). The number of carbonyl (C=O) groups excluding carboxylic acids is 2. The fourth-order valence-electron chi connectivity index (χ4n) is 1.91. The Hall–Kier alpha value is -1.10. The van der Waals surface area contributed by atoms with Crippen LogP contribution in [0.25, 0.3) is 0 Å². The number of likely N-dealkylation sites (tertiary alicyclic amines) is 1. The highest BCUT2D eigenvalue weighted by Gasteiger charge is 2.30. The molecule has 1 fully saturated rings. The quantitative estimate of drug-likeness (QED) is 0.693. The predicted molar refractivity (Wildman–Crippen MR) is 61.3 cm³/mol. The topological polar surface area (TPSA) is 89.4 Å². The molecule has 2 atom stereocenters. The van der Waals surface area contributed by atoms with Gasteiger partial charge in [0.25, 0.3) is 0 Å². The van der Waals surface area contributed by atoms with Crippen LogP contribution in [0.2, 0.25) is 0 Å². The largest absolute Gasteiger partial charge is 0.369 e. The van der Waals surface area contributed by atoms with Crippen LogP contribution in [0.3, 0.4) is 0 Å². The Morgan fingerprint density at radius 1 is 1.38 bits per heavy atom. The van der Waals surface area contributed by atoms with Crippen molar-refractivity contribution in [2.45, 2.75) is 32.7 Å². The molecule has 1 aliphatic rings. The van der Waals surface area contributed by atoms with Crippen molar-refractivity contribution in [3.05, 3.63) is 0 Å². The molecule has 92 valence electrons. The Bertz CT molecular complexity index is 278. The zero-order valence-electron chi connectivity index (χ0n) is 9.98. The molecule has 0 aromatic carbocycles. The first-order valence-corrected chi connectivity index (χ1v) is 5.77. The van der Waals surface area contributed by atoms with Gasteiger partial charge in [-0.2, -0.15) is 0 Å². The maximum absolute atomic E-state index is 12.0. The zero-order valence-corrected chi connectivity index (χ0v) is 9.98. The molecule has 0 saturated carbocycles. The molecule has 0 radical (unpaired) electrons. The average molecular weight is 227 g/mol. The Morgan fingerprint density at radius 2 is 2.00 bits per heavy atom. The second-order valence-corrected chi connectivity index (χ2v) is 4.80. The van der Waals surface area contributed by atoms with Crippen molar-refractivity contribution in [2.24, 2.45) is 23.3 Å². The van der Waals surface area contributed by atoms with E-state index in [0.29, 0.717) is 13.1 Å². The monoisotopic (exact) mass is 227 g/mol. The molecule has 0 aromatic rings. The SMILES string of the molecule is CC(C)C(N)C(=O)N1CCCC(C(N)=O)C1. The molecule has 0 spiro atoms. The number of nitrogens with zero attached hydrogens (tertiary/aromatic N) is 1. The van der Waals surface area contributed by atoms with E-state index >= 15 is 0 Å². The molecule has 5 nitrogen and oxygen atoms in total. The van der Waals surface area contributed by atoms with E-state index in [9.17, 15) is 9.59 Å². The van der Waals surface area contributed by atoms with Gasteiger partial charge in [-0.05, 0) is 18.8 Å².